The van der Waals surface area contributed by atoms with E-state index in [1.165, 1.54) is 7.11 Å². The highest BCUT2D eigenvalue weighted by molar-refractivity contribution is 5.91. The van der Waals surface area contributed by atoms with E-state index in [-0.39, 0.29) is 5.91 Å². The molecule has 0 aliphatic heterocycles. The Bertz CT molecular complexity index is 133. The predicted octanol–water partition coefficient (Wildman–Crippen LogP) is 0.669. The fraction of sp³-hybridized carbons (Fsp3) is 0.667. The molecule has 0 saturated carbocycles. The van der Waals surface area contributed by atoms with Crippen molar-refractivity contribution < 1.29 is 14.3 Å². The van der Waals surface area contributed by atoms with E-state index in [4.69, 9.17) is 0 Å². The molecule has 0 bridgehead atoms. The molecule has 0 atom stereocenters. The van der Waals surface area contributed by atoms with Crippen molar-refractivity contribution in [3.8, 4) is 0 Å². The topological polar surface area (TPSA) is 55.4 Å². The molecule has 4 heteroatoms. The number of methoxy groups -OCH3 is 1. The van der Waals surface area contributed by atoms with E-state index in [2.05, 4.69) is 4.74 Å². The van der Waals surface area contributed by atoms with E-state index in [0.717, 1.165) is 6.42 Å². The molecule has 0 aromatic rings. The van der Waals surface area contributed by atoms with Crippen LogP contribution in [-0.2, 0) is 9.53 Å². The third-order valence-electron chi connectivity index (χ3n) is 0.904. The van der Waals surface area contributed by atoms with Crippen LogP contribution >= 0.6 is 0 Å². The average Bonchev–Trinajstić information content (AvgIpc) is 1.88. The molecule has 1 N–H and O–H groups in total. The second-order valence-corrected chi connectivity index (χ2v) is 1.79. The number of amides is 2. The average molecular weight is 145 g/mol. The zero-order chi connectivity index (χ0) is 7.98. The summed E-state index contributed by atoms with van der Waals surface area (Å²) in [6.45, 7) is 1.86. The van der Waals surface area contributed by atoms with E-state index < -0.39 is 6.09 Å². The number of nitrogens with one attached hydrogen (secondary N) is 1. The Morgan fingerprint density at radius 3 is 2.50 bits per heavy atom. The van der Waals surface area contributed by atoms with Gasteiger partial charge in [-0.05, 0) is 6.42 Å². The van der Waals surface area contributed by atoms with Crippen molar-refractivity contribution in [2.24, 2.45) is 0 Å². The first-order chi connectivity index (χ1) is 4.70. The Morgan fingerprint density at radius 2 is 2.10 bits per heavy atom. The Morgan fingerprint density at radius 1 is 1.50 bits per heavy atom. The van der Waals surface area contributed by atoms with Gasteiger partial charge in [-0.1, -0.05) is 6.92 Å². The molecule has 0 aromatic heterocycles. The lowest BCUT2D eigenvalue weighted by atomic mass is 10.3. The number of carbonyl (C=O) groups excluding carboxylic acids is 2. The molecule has 4 nitrogen and oxygen atoms in total. The highest BCUT2D eigenvalue weighted by Gasteiger charge is 2.03. The van der Waals surface area contributed by atoms with Crippen LogP contribution < -0.4 is 5.32 Å². The number of alkyl carbamates (subject to hydrolysis) is 1. The number of hydrogen-bond acceptors (Lipinski definition) is 3. The number of carbonyl (C=O) groups is 2. The standard InChI is InChI=1S/C6H11NO3/c1-3-4-5(8)7-6(9)10-2/h3-4H2,1-2H3,(H,7,8,9). The number of hydrogen-bond donors (Lipinski definition) is 1. The molecule has 0 unspecified atom stereocenters. The molecule has 0 spiro atoms. The van der Waals surface area contributed by atoms with E-state index in [9.17, 15) is 9.59 Å². The number of rotatable bonds is 2. The molecule has 0 aliphatic rings. The van der Waals surface area contributed by atoms with Crippen LogP contribution in [0, 0.1) is 0 Å². The van der Waals surface area contributed by atoms with E-state index in [1.807, 2.05) is 12.2 Å². The Kier molecular flexibility index (Phi) is 4.28. The van der Waals surface area contributed by atoms with Crippen molar-refractivity contribution >= 4 is 12.0 Å². The molecule has 58 valence electrons. The summed E-state index contributed by atoms with van der Waals surface area (Å²) < 4.78 is 4.20. The summed E-state index contributed by atoms with van der Waals surface area (Å²) >= 11 is 0. The first kappa shape index (κ1) is 8.94. The minimum atomic E-state index is -0.696. The van der Waals surface area contributed by atoms with Crippen molar-refractivity contribution in [1.82, 2.24) is 5.32 Å². The SMILES string of the molecule is CCCC(=O)NC(=O)OC. The van der Waals surface area contributed by atoms with Crippen LogP contribution in [0.1, 0.15) is 19.8 Å². The monoisotopic (exact) mass is 145 g/mol. The van der Waals surface area contributed by atoms with Crippen LogP contribution in [0.25, 0.3) is 0 Å². The number of imide groups is 1. The zero-order valence-corrected chi connectivity index (χ0v) is 6.14. The van der Waals surface area contributed by atoms with Gasteiger partial charge in [0.05, 0.1) is 7.11 Å². The van der Waals surface area contributed by atoms with Crippen molar-refractivity contribution in [2.75, 3.05) is 7.11 Å². The van der Waals surface area contributed by atoms with Crippen LogP contribution in [0.4, 0.5) is 4.79 Å². The number of ether oxygens (including phenoxy) is 1. The fourth-order valence-corrected chi connectivity index (χ4v) is 0.454. The van der Waals surface area contributed by atoms with Gasteiger partial charge in [0.15, 0.2) is 0 Å². The van der Waals surface area contributed by atoms with Gasteiger partial charge in [0.25, 0.3) is 0 Å². The maximum atomic E-state index is 10.6. The molecular weight excluding hydrogens is 134 g/mol. The van der Waals surface area contributed by atoms with Crippen LogP contribution in [0.15, 0.2) is 0 Å². The highest BCUT2D eigenvalue weighted by atomic mass is 16.5. The summed E-state index contributed by atoms with van der Waals surface area (Å²) in [6.07, 6.45) is 0.385. The van der Waals surface area contributed by atoms with Crippen molar-refractivity contribution in [3.63, 3.8) is 0 Å². The Balaban J connectivity index is 3.47. The van der Waals surface area contributed by atoms with Crippen LogP contribution in [0.5, 0.6) is 0 Å². The van der Waals surface area contributed by atoms with Gasteiger partial charge in [-0.25, -0.2) is 4.79 Å². The Hall–Kier alpha value is -1.06. The van der Waals surface area contributed by atoms with Crippen molar-refractivity contribution in [1.29, 1.82) is 0 Å². The third-order valence-corrected chi connectivity index (χ3v) is 0.904. The van der Waals surface area contributed by atoms with Gasteiger partial charge in [0, 0.05) is 6.42 Å². The molecule has 0 radical (unpaired) electrons. The Labute approximate surface area is 59.6 Å². The highest BCUT2D eigenvalue weighted by Crippen LogP contribution is 1.85. The van der Waals surface area contributed by atoms with Gasteiger partial charge in [0.1, 0.15) is 0 Å². The summed E-state index contributed by atoms with van der Waals surface area (Å²) in [4.78, 5) is 20.9. The first-order valence-corrected chi connectivity index (χ1v) is 3.08. The molecule has 0 heterocycles. The van der Waals surface area contributed by atoms with Crippen LogP contribution in [0.3, 0.4) is 0 Å². The maximum absolute atomic E-state index is 10.6. The summed E-state index contributed by atoms with van der Waals surface area (Å²) in [5.74, 6) is -0.297. The van der Waals surface area contributed by atoms with Gasteiger partial charge in [-0.2, -0.15) is 0 Å². The summed E-state index contributed by atoms with van der Waals surface area (Å²) in [5.41, 5.74) is 0. The largest absolute Gasteiger partial charge is 0.453 e. The second-order valence-electron chi connectivity index (χ2n) is 1.79. The maximum Gasteiger partial charge on any atom is 0.413 e. The van der Waals surface area contributed by atoms with Crippen LogP contribution in [0.2, 0.25) is 0 Å². The summed E-state index contributed by atoms with van der Waals surface area (Å²) in [6, 6.07) is 0. The summed E-state index contributed by atoms with van der Waals surface area (Å²) in [7, 11) is 1.22. The molecule has 0 rings (SSSR count). The molecule has 0 fully saturated rings. The molecule has 0 aromatic carbocycles. The third kappa shape index (κ3) is 3.88. The van der Waals surface area contributed by atoms with Gasteiger partial charge >= 0.3 is 6.09 Å². The quantitative estimate of drug-likeness (QED) is 0.621. The lowest BCUT2D eigenvalue weighted by Gasteiger charge is -1.98. The lowest BCUT2D eigenvalue weighted by molar-refractivity contribution is -0.120. The molecular formula is C6H11NO3. The zero-order valence-electron chi connectivity index (χ0n) is 6.14. The van der Waals surface area contributed by atoms with E-state index >= 15 is 0 Å². The van der Waals surface area contributed by atoms with Gasteiger partial charge in [-0.15, -0.1) is 0 Å². The molecule has 10 heavy (non-hydrogen) atoms. The normalized spacial score (nSPS) is 8.60. The predicted molar refractivity (Wildman–Crippen MR) is 35.5 cm³/mol. The van der Waals surface area contributed by atoms with Crippen molar-refractivity contribution in [3.05, 3.63) is 0 Å². The molecule has 0 saturated heterocycles. The molecule has 2 amide bonds. The second kappa shape index (κ2) is 4.78. The smallest absolute Gasteiger partial charge is 0.413 e. The summed E-state index contributed by atoms with van der Waals surface area (Å²) in [5, 5.41) is 2.03. The van der Waals surface area contributed by atoms with E-state index in [0.29, 0.717) is 6.42 Å². The lowest BCUT2D eigenvalue weighted by Crippen LogP contribution is -2.29. The minimum Gasteiger partial charge on any atom is -0.453 e. The van der Waals surface area contributed by atoms with E-state index in [1.54, 1.807) is 0 Å². The fourth-order valence-electron chi connectivity index (χ4n) is 0.454. The van der Waals surface area contributed by atoms with Gasteiger partial charge < -0.3 is 4.74 Å². The van der Waals surface area contributed by atoms with Gasteiger partial charge in [0.2, 0.25) is 5.91 Å². The van der Waals surface area contributed by atoms with Crippen molar-refractivity contribution in [2.45, 2.75) is 19.8 Å². The molecule has 0 aliphatic carbocycles. The van der Waals surface area contributed by atoms with Gasteiger partial charge in [-0.3, -0.25) is 10.1 Å². The minimum absolute atomic E-state index is 0.297. The first-order valence-electron chi connectivity index (χ1n) is 3.08. The van der Waals surface area contributed by atoms with Crippen LogP contribution in [-0.4, -0.2) is 19.1 Å².